The minimum Gasteiger partial charge on any atom is -0.447 e. The number of esters is 1. The molecule has 1 aliphatic rings. The van der Waals surface area contributed by atoms with Crippen LogP contribution in [0, 0.1) is 11.3 Å². The summed E-state index contributed by atoms with van der Waals surface area (Å²) in [6.07, 6.45) is 0. The van der Waals surface area contributed by atoms with Crippen LogP contribution >= 0.6 is 0 Å². The lowest BCUT2D eigenvalue weighted by Crippen LogP contribution is -2.40. The minimum atomic E-state index is -3.57. The molecule has 0 radical (unpaired) electrons. The van der Waals surface area contributed by atoms with E-state index in [-0.39, 0.29) is 17.1 Å². The van der Waals surface area contributed by atoms with Gasteiger partial charge >= 0.3 is 5.97 Å². The lowest BCUT2D eigenvalue weighted by molar-refractivity contribution is 0.0555. The molecule has 112 valence electrons. The Morgan fingerprint density at radius 1 is 1.29 bits per heavy atom. The summed E-state index contributed by atoms with van der Waals surface area (Å²) < 4.78 is 35.8. The van der Waals surface area contributed by atoms with Gasteiger partial charge < -0.3 is 9.47 Å². The highest BCUT2D eigenvalue weighted by Gasteiger charge is 2.26. The molecule has 1 aromatic carbocycles. The standard InChI is InChI=1S/C13H14N2O5S/c14-5-8-20-13(16)11-1-3-12(4-2-11)21(17,18)15-6-9-19-10-7-15/h1-4H,6-10H2. The molecule has 0 amide bonds. The van der Waals surface area contributed by atoms with Crippen LogP contribution in [-0.2, 0) is 19.5 Å². The zero-order valence-corrected chi connectivity index (χ0v) is 12.0. The number of hydrogen-bond acceptors (Lipinski definition) is 6. The largest absolute Gasteiger partial charge is 0.447 e. The van der Waals surface area contributed by atoms with Crippen molar-refractivity contribution in [2.45, 2.75) is 4.90 Å². The summed E-state index contributed by atoms with van der Waals surface area (Å²) in [5, 5.41) is 8.33. The molecule has 0 saturated carbocycles. The maximum Gasteiger partial charge on any atom is 0.339 e. The molecule has 0 spiro atoms. The van der Waals surface area contributed by atoms with Gasteiger partial charge in [-0.3, -0.25) is 0 Å². The van der Waals surface area contributed by atoms with E-state index < -0.39 is 16.0 Å². The number of hydrogen-bond donors (Lipinski definition) is 0. The van der Waals surface area contributed by atoms with Gasteiger partial charge in [0.25, 0.3) is 0 Å². The van der Waals surface area contributed by atoms with Gasteiger partial charge in [-0.05, 0) is 24.3 Å². The molecule has 1 fully saturated rings. The number of ether oxygens (including phenoxy) is 2. The Balaban J connectivity index is 2.14. The summed E-state index contributed by atoms with van der Waals surface area (Å²) in [6.45, 7) is 1.03. The zero-order chi connectivity index (χ0) is 15.3. The number of carbonyl (C=O) groups is 1. The summed E-state index contributed by atoms with van der Waals surface area (Å²) in [4.78, 5) is 11.6. The summed E-state index contributed by atoms with van der Waals surface area (Å²) in [5.74, 6) is -0.660. The highest BCUT2D eigenvalue weighted by molar-refractivity contribution is 7.89. The highest BCUT2D eigenvalue weighted by atomic mass is 32.2. The number of benzene rings is 1. The van der Waals surface area contributed by atoms with Crippen molar-refractivity contribution in [3.8, 4) is 6.07 Å². The molecule has 0 aliphatic carbocycles. The summed E-state index contributed by atoms with van der Waals surface area (Å²) >= 11 is 0. The Kier molecular flexibility index (Phi) is 4.90. The maximum absolute atomic E-state index is 12.4. The molecule has 0 bridgehead atoms. The third-order valence-electron chi connectivity index (χ3n) is 2.97. The van der Waals surface area contributed by atoms with Crippen molar-refractivity contribution in [2.24, 2.45) is 0 Å². The van der Waals surface area contributed by atoms with Crippen molar-refractivity contribution >= 4 is 16.0 Å². The van der Waals surface area contributed by atoms with Crippen molar-refractivity contribution in [2.75, 3.05) is 32.9 Å². The van der Waals surface area contributed by atoms with E-state index in [0.717, 1.165) is 0 Å². The topological polar surface area (TPSA) is 96.7 Å². The van der Waals surface area contributed by atoms with Crippen molar-refractivity contribution in [1.29, 1.82) is 5.26 Å². The van der Waals surface area contributed by atoms with Crippen LogP contribution in [0.15, 0.2) is 29.2 Å². The van der Waals surface area contributed by atoms with Crippen molar-refractivity contribution in [1.82, 2.24) is 4.31 Å². The Labute approximate surface area is 122 Å². The fraction of sp³-hybridized carbons (Fsp3) is 0.385. The van der Waals surface area contributed by atoms with E-state index in [1.54, 1.807) is 6.07 Å². The second-order valence-electron chi connectivity index (χ2n) is 4.28. The molecule has 21 heavy (non-hydrogen) atoms. The Hall–Kier alpha value is -1.95. The van der Waals surface area contributed by atoms with Gasteiger partial charge in [0.1, 0.15) is 6.07 Å². The second-order valence-corrected chi connectivity index (χ2v) is 6.21. The lowest BCUT2D eigenvalue weighted by atomic mass is 10.2. The average molecular weight is 310 g/mol. The van der Waals surface area contributed by atoms with Crippen LogP contribution < -0.4 is 0 Å². The first-order valence-electron chi connectivity index (χ1n) is 6.28. The summed E-state index contributed by atoms with van der Waals surface area (Å²) in [6, 6.07) is 7.14. The molecule has 0 N–H and O–H groups in total. The number of rotatable bonds is 4. The van der Waals surface area contributed by atoms with Crippen LogP contribution in [-0.4, -0.2) is 51.6 Å². The van der Waals surface area contributed by atoms with Crippen LogP contribution in [0.3, 0.4) is 0 Å². The summed E-state index contributed by atoms with van der Waals surface area (Å²) in [7, 11) is -3.57. The minimum absolute atomic E-state index is 0.112. The molecule has 1 heterocycles. The first-order chi connectivity index (χ1) is 10.1. The smallest absolute Gasteiger partial charge is 0.339 e. The van der Waals surface area contributed by atoms with Gasteiger partial charge in [-0.15, -0.1) is 0 Å². The third-order valence-corrected chi connectivity index (χ3v) is 4.88. The summed E-state index contributed by atoms with van der Waals surface area (Å²) in [5.41, 5.74) is 0.200. The molecular formula is C13H14N2O5S. The van der Waals surface area contributed by atoms with E-state index in [4.69, 9.17) is 10.00 Å². The zero-order valence-electron chi connectivity index (χ0n) is 11.2. The molecule has 8 heteroatoms. The quantitative estimate of drug-likeness (QED) is 0.746. The Morgan fingerprint density at radius 3 is 2.48 bits per heavy atom. The molecule has 2 rings (SSSR count). The van der Waals surface area contributed by atoms with E-state index in [9.17, 15) is 13.2 Å². The van der Waals surface area contributed by atoms with Crippen LogP contribution in [0.1, 0.15) is 10.4 Å². The normalized spacial score (nSPS) is 16.1. The number of morpholine rings is 1. The van der Waals surface area contributed by atoms with Gasteiger partial charge in [0.15, 0.2) is 6.61 Å². The SMILES string of the molecule is N#CCOC(=O)c1ccc(S(=O)(=O)N2CCOCC2)cc1. The first kappa shape index (κ1) is 15.4. The van der Waals surface area contributed by atoms with Crippen LogP contribution in [0.2, 0.25) is 0 Å². The number of carbonyl (C=O) groups excluding carboxylic acids is 1. The predicted molar refractivity (Wildman–Crippen MR) is 71.9 cm³/mol. The van der Waals surface area contributed by atoms with Crippen LogP contribution in [0.5, 0.6) is 0 Å². The predicted octanol–water partition coefficient (Wildman–Crippen LogP) is 0.388. The molecule has 7 nitrogen and oxygen atoms in total. The van der Waals surface area contributed by atoms with E-state index >= 15 is 0 Å². The van der Waals surface area contributed by atoms with E-state index in [0.29, 0.717) is 26.3 Å². The van der Waals surface area contributed by atoms with Crippen molar-refractivity contribution in [3.63, 3.8) is 0 Å². The molecule has 1 saturated heterocycles. The average Bonchev–Trinajstić information content (AvgIpc) is 2.53. The molecule has 0 aromatic heterocycles. The molecule has 0 atom stereocenters. The number of nitriles is 1. The highest BCUT2D eigenvalue weighted by Crippen LogP contribution is 2.18. The van der Waals surface area contributed by atoms with Crippen molar-refractivity contribution in [3.05, 3.63) is 29.8 Å². The fourth-order valence-electron chi connectivity index (χ4n) is 1.88. The van der Waals surface area contributed by atoms with Gasteiger partial charge in [-0.2, -0.15) is 9.57 Å². The van der Waals surface area contributed by atoms with Gasteiger partial charge in [-0.25, -0.2) is 13.2 Å². The van der Waals surface area contributed by atoms with Gasteiger partial charge in [0, 0.05) is 13.1 Å². The van der Waals surface area contributed by atoms with E-state index in [2.05, 4.69) is 4.74 Å². The first-order valence-corrected chi connectivity index (χ1v) is 7.72. The fourth-order valence-corrected chi connectivity index (χ4v) is 3.29. The van der Waals surface area contributed by atoms with Crippen LogP contribution in [0.25, 0.3) is 0 Å². The maximum atomic E-state index is 12.4. The van der Waals surface area contributed by atoms with Gasteiger partial charge in [0.05, 0.1) is 23.7 Å². The number of sulfonamides is 1. The molecule has 0 unspecified atom stereocenters. The lowest BCUT2D eigenvalue weighted by Gasteiger charge is -2.26. The van der Waals surface area contributed by atoms with Gasteiger partial charge in [-0.1, -0.05) is 0 Å². The number of nitrogens with zero attached hydrogens (tertiary/aromatic N) is 2. The third kappa shape index (κ3) is 3.58. The molecule has 1 aromatic rings. The molecular weight excluding hydrogens is 296 g/mol. The molecule has 1 aliphatic heterocycles. The van der Waals surface area contributed by atoms with E-state index in [1.165, 1.54) is 28.6 Å². The Bertz CT molecular complexity index is 642. The second kappa shape index (κ2) is 6.67. The Morgan fingerprint density at radius 2 is 1.90 bits per heavy atom. The monoisotopic (exact) mass is 310 g/mol. The van der Waals surface area contributed by atoms with E-state index in [1.807, 2.05) is 0 Å². The van der Waals surface area contributed by atoms with Crippen molar-refractivity contribution < 1.29 is 22.7 Å². The van der Waals surface area contributed by atoms with Crippen LogP contribution in [0.4, 0.5) is 0 Å². The van der Waals surface area contributed by atoms with Gasteiger partial charge in [0.2, 0.25) is 10.0 Å².